The number of amides is 1. The second kappa shape index (κ2) is 7.82. The largest absolute Gasteiger partial charge is 0.422 e. The molecule has 2 aromatic heterocycles. The summed E-state index contributed by atoms with van der Waals surface area (Å²) in [6.45, 7) is 2.17. The number of fused-ring (bicyclic) bond motifs is 2. The minimum absolute atomic E-state index is 0.121. The first kappa shape index (κ1) is 20.0. The Morgan fingerprint density at radius 1 is 1.38 bits per heavy atom. The van der Waals surface area contributed by atoms with Crippen LogP contribution in [-0.4, -0.2) is 5.91 Å². The summed E-state index contributed by atoms with van der Waals surface area (Å²) in [4.78, 5) is 25.2. The summed E-state index contributed by atoms with van der Waals surface area (Å²) in [5, 5.41) is 13.4. The molecule has 0 aliphatic heterocycles. The third kappa shape index (κ3) is 3.78. The van der Waals surface area contributed by atoms with Gasteiger partial charge in [0.25, 0.3) is 5.91 Å². The lowest BCUT2D eigenvalue weighted by Gasteiger charge is -2.23. The third-order valence-corrected chi connectivity index (χ3v) is 6.98. The number of carbonyl (C=O) groups excluding carboxylic acids is 1. The summed E-state index contributed by atoms with van der Waals surface area (Å²) in [5.74, 6) is -0.100. The van der Waals surface area contributed by atoms with Crippen LogP contribution in [0.1, 0.15) is 40.4 Å². The lowest BCUT2D eigenvalue weighted by atomic mass is 9.85. The normalized spacial score (nSPS) is 15.6. The maximum absolute atomic E-state index is 12.8. The van der Waals surface area contributed by atoms with Crippen molar-refractivity contribution in [1.82, 2.24) is 0 Å². The number of nitrogens with one attached hydrogen (secondary N) is 1. The van der Waals surface area contributed by atoms with Gasteiger partial charge in [-0.05, 0) is 60.6 Å². The molecule has 0 saturated carbocycles. The quantitative estimate of drug-likeness (QED) is 0.376. The van der Waals surface area contributed by atoms with E-state index in [2.05, 4.69) is 34.2 Å². The molecule has 2 heterocycles. The maximum Gasteiger partial charge on any atom is 0.349 e. The van der Waals surface area contributed by atoms with Crippen LogP contribution < -0.4 is 10.9 Å². The van der Waals surface area contributed by atoms with E-state index < -0.39 is 11.5 Å². The van der Waals surface area contributed by atoms with E-state index in [1.54, 1.807) is 18.2 Å². The van der Waals surface area contributed by atoms with Crippen molar-refractivity contribution in [3.8, 4) is 6.07 Å². The average Bonchev–Trinajstić information content (AvgIpc) is 2.68. The predicted molar refractivity (Wildman–Crippen MR) is 119 cm³/mol. The van der Waals surface area contributed by atoms with E-state index in [4.69, 9.17) is 16.6 Å². The van der Waals surface area contributed by atoms with Crippen LogP contribution in [0.3, 0.4) is 0 Å². The minimum Gasteiger partial charge on any atom is -0.422 e. The van der Waals surface area contributed by atoms with E-state index in [0.29, 0.717) is 31.3 Å². The summed E-state index contributed by atoms with van der Waals surface area (Å²) in [5.41, 5.74) is 1.93. The molecule has 0 spiro atoms. The van der Waals surface area contributed by atoms with Gasteiger partial charge in [-0.3, -0.25) is 4.79 Å². The van der Waals surface area contributed by atoms with Crippen LogP contribution in [0.4, 0.5) is 5.00 Å². The molecule has 1 aliphatic rings. The van der Waals surface area contributed by atoms with Gasteiger partial charge in [0.1, 0.15) is 22.2 Å². The fraction of sp³-hybridized carbons (Fsp3) is 0.238. The van der Waals surface area contributed by atoms with Crippen molar-refractivity contribution in [1.29, 1.82) is 5.26 Å². The van der Waals surface area contributed by atoms with E-state index in [-0.39, 0.29) is 5.56 Å². The fourth-order valence-corrected chi connectivity index (χ4v) is 5.33. The fourth-order valence-electron chi connectivity index (χ4n) is 3.57. The maximum atomic E-state index is 12.8. The van der Waals surface area contributed by atoms with Crippen molar-refractivity contribution >= 4 is 61.4 Å². The average molecular weight is 487 g/mol. The summed E-state index contributed by atoms with van der Waals surface area (Å²) >= 11 is 10.1. The molecule has 4 rings (SSSR count). The van der Waals surface area contributed by atoms with Gasteiger partial charge >= 0.3 is 5.63 Å². The highest BCUT2D eigenvalue weighted by atomic mass is 79.9. The number of carbonyl (C=O) groups is 1. The first-order valence-electron chi connectivity index (χ1n) is 9.01. The standard InChI is InChI=1S/C21H15BrN2O3S2/c1-10-2-4-13-14(6-10)21(28)29-19(16(13)9-23)24-18(25)15-8-11-7-12(22)3-5-17(11)27-20(15)26/h3,5,7-8,10H,2,4,6H2,1H3,(H,24,25). The zero-order valence-electron chi connectivity index (χ0n) is 15.4. The van der Waals surface area contributed by atoms with E-state index in [1.165, 1.54) is 17.4 Å². The van der Waals surface area contributed by atoms with Crippen LogP contribution in [-0.2, 0) is 12.8 Å². The molecule has 146 valence electrons. The lowest BCUT2D eigenvalue weighted by molar-refractivity contribution is 0.102. The highest BCUT2D eigenvalue weighted by Crippen LogP contribution is 2.36. The Labute approximate surface area is 184 Å². The second-order valence-electron chi connectivity index (χ2n) is 7.09. The first-order chi connectivity index (χ1) is 13.9. The van der Waals surface area contributed by atoms with Crippen LogP contribution in [0.5, 0.6) is 0 Å². The van der Waals surface area contributed by atoms with Crippen LogP contribution in [0.2, 0.25) is 0 Å². The highest BCUT2D eigenvalue weighted by molar-refractivity contribution is 9.10. The molecule has 1 atom stereocenters. The molecule has 1 aromatic carbocycles. The Bertz CT molecular complexity index is 1320. The van der Waals surface area contributed by atoms with Crippen molar-refractivity contribution in [3.05, 3.63) is 65.2 Å². The van der Waals surface area contributed by atoms with Crippen LogP contribution in [0.25, 0.3) is 11.0 Å². The number of halogens is 1. The van der Waals surface area contributed by atoms with Gasteiger partial charge in [-0.15, -0.1) is 11.3 Å². The van der Waals surface area contributed by atoms with Gasteiger partial charge in [-0.2, -0.15) is 5.26 Å². The van der Waals surface area contributed by atoms with Gasteiger partial charge in [-0.1, -0.05) is 35.1 Å². The SMILES string of the molecule is CC1CCc2c(C#N)c(NC(=O)c3cc4cc(Br)ccc4oc3=O)sc(=S)c2C1. The zero-order chi connectivity index (χ0) is 20.7. The molecule has 3 aromatic rings. The number of hydrogen-bond acceptors (Lipinski definition) is 6. The Morgan fingerprint density at radius 3 is 2.93 bits per heavy atom. The molecule has 1 aliphatic carbocycles. The van der Waals surface area contributed by atoms with Crippen molar-refractivity contribution < 1.29 is 9.21 Å². The van der Waals surface area contributed by atoms with Gasteiger partial charge in [0.2, 0.25) is 0 Å². The number of nitriles is 1. The van der Waals surface area contributed by atoms with Crippen LogP contribution in [0, 0.1) is 21.1 Å². The van der Waals surface area contributed by atoms with Gasteiger partial charge in [0.15, 0.2) is 0 Å². The first-order valence-corrected chi connectivity index (χ1v) is 11.0. The van der Waals surface area contributed by atoms with Crippen LogP contribution in [0.15, 0.2) is 37.9 Å². The summed E-state index contributed by atoms with van der Waals surface area (Å²) in [7, 11) is 0. The molecule has 1 unspecified atom stereocenters. The molecular formula is C21H15BrN2O3S2. The van der Waals surface area contributed by atoms with Gasteiger partial charge in [-0.25, -0.2) is 4.79 Å². The minimum atomic E-state index is -0.730. The summed E-state index contributed by atoms with van der Waals surface area (Å²) in [6.07, 6.45) is 2.57. The van der Waals surface area contributed by atoms with Crippen molar-refractivity contribution in [2.45, 2.75) is 26.2 Å². The highest BCUT2D eigenvalue weighted by Gasteiger charge is 2.24. The van der Waals surface area contributed by atoms with Crippen LogP contribution >= 0.6 is 39.5 Å². The number of benzene rings is 1. The van der Waals surface area contributed by atoms with E-state index in [1.807, 2.05) is 0 Å². The molecular weight excluding hydrogens is 472 g/mol. The Balaban J connectivity index is 1.76. The van der Waals surface area contributed by atoms with Gasteiger partial charge in [0.05, 0.1) is 9.39 Å². The number of anilines is 1. The number of hydrogen-bond donors (Lipinski definition) is 1. The smallest absolute Gasteiger partial charge is 0.349 e. The Kier molecular flexibility index (Phi) is 5.38. The predicted octanol–water partition coefficient (Wildman–Crippen LogP) is 5.60. The molecule has 0 saturated heterocycles. The van der Waals surface area contributed by atoms with E-state index in [9.17, 15) is 14.9 Å². The van der Waals surface area contributed by atoms with Gasteiger partial charge in [0, 0.05) is 9.86 Å². The van der Waals surface area contributed by atoms with Crippen molar-refractivity contribution in [2.75, 3.05) is 5.32 Å². The molecule has 5 nitrogen and oxygen atoms in total. The summed E-state index contributed by atoms with van der Waals surface area (Å²) in [6, 6.07) is 8.89. The summed E-state index contributed by atoms with van der Waals surface area (Å²) < 4.78 is 6.75. The topological polar surface area (TPSA) is 83.1 Å². The van der Waals surface area contributed by atoms with Gasteiger partial charge < -0.3 is 9.73 Å². The lowest BCUT2D eigenvalue weighted by Crippen LogP contribution is -2.21. The molecule has 29 heavy (non-hydrogen) atoms. The molecule has 0 radical (unpaired) electrons. The Morgan fingerprint density at radius 2 is 2.17 bits per heavy atom. The molecule has 1 N–H and O–H groups in total. The number of nitrogens with zero attached hydrogens (tertiary/aromatic N) is 1. The Hall–Kier alpha value is -2.34. The second-order valence-corrected chi connectivity index (χ2v) is 9.70. The van der Waals surface area contributed by atoms with E-state index >= 15 is 0 Å². The zero-order valence-corrected chi connectivity index (χ0v) is 18.6. The molecule has 8 heteroatoms. The number of rotatable bonds is 2. The van der Waals surface area contributed by atoms with E-state index in [0.717, 1.165) is 34.9 Å². The monoisotopic (exact) mass is 486 g/mol. The molecule has 0 fully saturated rings. The third-order valence-electron chi connectivity index (χ3n) is 5.05. The molecule has 1 amide bonds. The molecule has 0 bridgehead atoms. The van der Waals surface area contributed by atoms with Crippen molar-refractivity contribution in [2.24, 2.45) is 5.92 Å². The van der Waals surface area contributed by atoms with Crippen molar-refractivity contribution in [3.63, 3.8) is 0 Å².